The van der Waals surface area contributed by atoms with E-state index in [2.05, 4.69) is 39.0 Å². The molecule has 0 aliphatic carbocycles. The third-order valence-electron chi connectivity index (χ3n) is 5.04. The quantitative estimate of drug-likeness (QED) is 0.313. The topological polar surface area (TPSA) is 97.8 Å². The fraction of sp³-hybridized carbons (Fsp3) is 0.269. The van der Waals surface area contributed by atoms with E-state index in [-0.39, 0.29) is 17.7 Å². The van der Waals surface area contributed by atoms with Crippen LogP contribution in [0.4, 0.5) is 21.7 Å². The van der Waals surface area contributed by atoms with Gasteiger partial charge in [-0.1, -0.05) is 25.6 Å². The summed E-state index contributed by atoms with van der Waals surface area (Å²) in [5, 5.41) is 5.66. The van der Waals surface area contributed by atoms with Crippen molar-refractivity contribution in [2.45, 2.75) is 6.92 Å². The summed E-state index contributed by atoms with van der Waals surface area (Å²) >= 11 is 0. The van der Waals surface area contributed by atoms with Crippen molar-refractivity contribution in [3.8, 4) is 17.4 Å². The van der Waals surface area contributed by atoms with Crippen molar-refractivity contribution in [1.82, 2.24) is 14.9 Å². The summed E-state index contributed by atoms with van der Waals surface area (Å²) in [4.78, 5) is 21.9. The van der Waals surface area contributed by atoms with Crippen LogP contribution in [0.5, 0.6) is 17.4 Å². The zero-order valence-electron chi connectivity index (χ0n) is 20.4. The normalized spacial score (nSPS) is 10.7. The number of anilines is 3. The number of nitrogens with one attached hydrogen (secondary N) is 2. The number of ether oxygens (including phenoxy) is 3. The number of methoxy groups -OCH3 is 1. The smallest absolute Gasteiger partial charge is 0.260 e. The molecule has 0 saturated carbocycles. The first-order valence-electron chi connectivity index (χ1n) is 11.5. The molecule has 0 saturated heterocycles. The van der Waals surface area contributed by atoms with Gasteiger partial charge in [-0.3, -0.25) is 9.69 Å². The second kappa shape index (κ2) is 13.8. The number of likely N-dealkylation sites (N-methyl/N-ethyl adjacent to an activating group) is 1. The average Bonchev–Trinajstić information content (AvgIpc) is 2.88. The van der Waals surface area contributed by atoms with Crippen LogP contribution in [-0.4, -0.2) is 60.7 Å². The van der Waals surface area contributed by atoms with Gasteiger partial charge in [0.1, 0.15) is 18.1 Å². The fourth-order valence-electron chi connectivity index (χ4n) is 3.16. The second-order valence-corrected chi connectivity index (χ2v) is 7.60. The van der Waals surface area contributed by atoms with Crippen molar-refractivity contribution < 1.29 is 23.4 Å². The Bertz CT molecular complexity index is 1160. The van der Waals surface area contributed by atoms with Gasteiger partial charge in [-0.05, 0) is 36.9 Å². The second-order valence-electron chi connectivity index (χ2n) is 7.60. The van der Waals surface area contributed by atoms with Crippen LogP contribution in [0.1, 0.15) is 6.92 Å². The molecule has 0 spiro atoms. The van der Waals surface area contributed by atoms with E-state index >= 15 is 0 Å². The maximum absolute atomic E-state index is 14.3. The summed E-state index contributed by atoms with van der Waals surface area (Å²) in [6.07, 6.45) is 2.17. The maximum atomic E-state index is 14.3. The zero-order valence-corrected chi connectivity index (χ0v) is 20.4. The number of nitrogens with zero attached hydrogens (tertiary/aromatic N) is 3. The highest BCUT2D eigenvalue weighted by molar-refractivity contribution is 5.98. The third-order valence-corrected chi connectivity index (χ3v) is 5.04. The molecule has 2 N–H and O–H groups in total. The Morgan fingerprint density at radius 3 is 2.58 bits per heavy atom. The third kappa shape index (κ3) is 8.33. The SMILES string of the molecule is C=CC(=O)Nc1cccc(Oc2nc(Nc3cccc(OCCN(CC)CCOC)c3)ncc2F)c1. The van der Waals surface area contributed by atoms with Gasteiger partial charge in [0, 0.05) is 43.7 Å². The van der Waals surface area contributed by atoms with Crippen molar-refractivity contribution in [3.05, 3.63) is 73.2 Å². The Kier molecular flexibility index (Phi) is 10.2. The summed E-state index contributed by atoms with van der Waals surface area (Å²) in [7, 11) is 1.69. The van der Waals surface area contributed by atoms with Gasteiger partial charge in [-0.15, -0.1) is 0 Å². The highest BCUT2D eigenvalue weighted by Gasteiger charge is 2.11. The zero-order chi connectivity index (χ0) is 25.8. The van der Waals surface area contributed by atoms with Crippen LogP contribution >= 0.6 is 0 Å². The van der Waals surface area contributed by atoms with Gasteiger partial charge in [0.25, 0.3) is 5.88 Å². The summed E-state index contributed by atoms with van der Waals surface area (Å²) in [6, 6.07) is 13.8. The van der Waals surface area contributed by atoms with Crippen LogP contribution in [0.15, 0.2) is 67.4 Å². The Balaban J connectivity index is 1.63. The summed E-state index contributed by atoms with van der Waals surface area (Å²) in [6.45, 7) is 9.24. The van der Waals surface area contributed by atoms with Crippen molar-refractivity contribution >= 4 is 23.2 Å². The number of carbonyl (C=O) groups is 1. The lowest BCUT2D eigenvalue weighted by Gasteiger charge is -2.20. The molecule has 190 valence electrons. The van der Waals surface area contributed by atoms with Gasteiger partial charge in [0.05, 0.1) is 12.8 Å². The van der Waals surface area contributed by atoms with E-state index in [1.54, 1.807) is 31.4 Å². The molecule has 0 unspecified atom stereocenters. The molecule has 0 aliphatic heterocycles. The number of halogens is 1. The molecular formula is C26H30FN5O4. The monoisotopic (exact) mass is 495 g/mol. The Hall–Kier alpha value is -4.02. The highest BCUT2D eigenvalue weighted by Crippen LogP contribution is 2.27. The van der Waals surface area contributed by atoms with Crippen LogP contribution in [0.25, 0.3) is 0 Å². The van der Waals surface area contributed by atoms with Crippen LogP contribution in [-0.2, 0) is 9.53 Å². The first kappa shape index (κ1) is 26.6. The summed E-state index contributed by atoms with van der Waals surface area (Å²) < 4.78 is 31.0. The molecule has 10 heteroatoms. The van der Waals surface area contributed by atoms with E-state index in [1.807, 2.05) is 24.3 Å². The van der Waals surface area contributed by atoms with Gasteiger partial charge in [0.2, 0.25) is 17.7 Å². The number of carbonyl (C=O) groups excluding carboxylic acids is 1. The minimum Gasteiger partial charge on any atom is -0.492 e. The van der Waals surface area contributed by atoms with Crippen molar-refractivity contribution in [2.24, 2.45) is 0 Å². The van der Waals surface area contributed by atoms with E-state index in [4.69, 9.17) is 14.2 Å². The summed E-state index contributed by atoms with van der Waals surface area (Å²) in [5.74, 6) is -0.236. The van der Waals surface area contributed by atoms with Gasteiger partial charge < -0.3 is 24.8 Å². The molecule has 3 aromatic rings. The minimum absolute atomic E-state index is 0.149. The molecule has 0 atom stereocenters. The van der Waals surface area contributed by atoms with Crippen LogP contribution < -0.4 is 20.1 Å². The number of amides is 1. The average molecular weight is 496 g/mol. The first-order chi connectivity index (χ1) is 17.5. The number of rotatable bonds is 14. The maximum Gasteiger partial charge on any atom is 0.260 e. The van der Waals surface area contributed by atoms with E-state index < -0.39 is 5.82 Å². The van der Waals surface area contributed by atoms with E-state index in [1.165, 1.54) is 0 Å². The number of hydrogen-bond donors (Lipinski definition) is 2. The van der Waals surface area contributed by atoms with Gasteiger partial charge in [-0.25, -0.2) is 4.98 Å². The lowest BCUT2D eigenvalue weighted by molar-refractivity contribution is -0.111. The molecule has 1 heterocycles. The standard InChI is InChI=1S/C26H30FN5O4/c1-4-24(33)29-19-8-7-11-22(17-19)36-25-23(27)18-28-26(31-25)30-20-9-6-10-21(16-20)35-15-13-32(5-2)12-14-34-3/h4,6-11,16-18H,1,5,12-15H2,2-3H3,(H,29,33)(H,28,30,31). The van der Waals surface area contributed by atoms with E-state index in [9.17, 15) is 9.18 Å². The number of hydrogen-bond acceptors (Lipinski definition) is 8. The molecule has 0 fully saturated rings. The molecule has 2 aromatic carbocycles. The molecule has 3 rings (SSSR count). The van der Waals surface area contributed by atoms with Crippen LogP contribution in [0.3, 0.4) is 0 Å². The Morgan fingerprint density at radius 1 is 1.11 bits per heavy atom. The molecule has 0 bridgehead atoms. The van der Waals surface area contributed by atoms with Gasteiger partial charge in [-0.2, -0.15) is 9.37 Å². The summed E-state index contributed by atoms with van der Waals surface area (Å²) in [5.41, 5.74) is 1.15. The number of benzene rings is 2. The van der Waals surface area contributed by atoms with E-state index in [0.29, 0.717) is 36.1 Å². The predicted molar refractivity (Wildman–Crippen MR) is 137 cm³/mol. The lowest BCUT2D eigenvalue weighted by Crippen LogP contribution is -2.31. The number of aromatic nitrogens is 2. The highest BCUT2D eigenvalue weighted by atomic mass is 19.1. The molecular weight excluding hydrogens is 465 g/mol. The van der Waals surface area contributed by atoms with Gasteiger partial charge in [0.15, 0.2) is 0 Å². The lowest BCUT2D eigenvalue weighted by atomic mass is 10.3. The van der Waals surface area contributed by atoms with Crippen LogP contribution in [0.2, 0.25) is 0 Å². The Labute approximate surface area is 209 Å². The molecule has 1 amide bonds. The molecule has 36 heavy (non-hydrogen) atoms. The van der Waals surface area contributed by atoms with Crippen LogP contribution in [0, 0.1) is 5.82 Å². The minimum atomic E-state index is -0.730. The first-order valence-corrected chi connectivity index (χ1v) is 11.5. The molecule has 1 aromatic heterocycles. The molecule has 9 nitrogen and oxygen atoms in total. The molecule has 0 aliphatic rings. The van der Waals surface area contributed by atoms with Crippen molar-refractivity contribution in [3.63, 3.8) is 0 Å². The van der Waals surface area contributed by atoms with Crippen molar-refractivity contribution in [2.75, 3.05) is 50.6 Å². The van der Waals surface area contributed by atoms with Gasteiger partial charge >= 0.3 is 0 Å². The van der Waals surface area contributed by atoms with Crippen molar-refractivity contribution in [1.29, 1.82) is 0 Å². The van der Waals surface area contributed by atoms with E-state index in [0.717, 1.165) is 31.9 Å². The Morgan fingerprint density at radius 2 is 1.83 bits per heavy atom. The predicted octanol–water partition coefficient (Wildman–Crippen LogP) is 4.62. The molecule has 0 radical (unpaired) electrons. The largest absolute Gasteiger partial charge is 0.492 e. The fourth-order valence-corrected chi connectivity index (χ4v) is 3.16.